The maximum absolute atomic E-state index is 12.5. The fourth-order valence-electron chi connectivity index (χ4n) is 2.24. The van der Waals surface area contributed by atoms with Crippen molar-refractivity contribution in [2.45, 2.75) is 32.1 Å². The number of hydrogen-bond acceptors (Lipinski definition) is 4. The molecule has 8 heteroatoms. The fraction of sp³-hybridized carbons (Fsp3) is 0.667. The summed E-state index contributed by atoms with van der Waals surface area (Å²) >= 11 is 1.75. The molecule has 1 fully saturated rings. The number of thioether (sulfide) groups is 1. The third-order valence-corrected chi connectivity index (χ3v) is 6.49. The molecule has 0 aromatic carbocycles. The maximum atomic E-state index is 12.5. The number of aromatic nitrogens is 1. The third-order valence-electron chi connectivity index (χ3n) is 3.67. The van der Waals surface area contributed by atoms with Crippen molar-refractivity contribution >= 4 is 27.7 Å². The highest BCUT2D eigenvalue weighted by atomic mass is 32.2. The molecule has 1 aliphatic rings. The zero-order chi connectivity index (χ0) is 17.1. The molecule has 0 radical (unpaired) electrons. The average Bonchev–Trinajstić information content (AvgIpc) is 2.97. The molecule has 1 aromatic heterocycles. The minimum Gasteiger partial charge on any atom is -0.356 e. The first-order valence-electron chi connectivity index (χ1n) is 7.75. The van der Waals surface area contributed by atoms with Crippen molar-refractivity contribution in [3.05, 3.63) is 18.0 Å². The van der Waals surface area contributed by atoms with E-state index in [4.69, 9.17) is 0 Å². The first kappa shape index (κ1) is 18.4. The van der Waals surface area contributed by atoms with Crippen molar-refractivity contribution in [2.24, 2.45) is 5.41 Å². The van der Waals surface area contributed by atoms with E-state index in [1.807, 2.05) is 0 Å². The van der Waals surface area contributed by atoms with Crippen LogP contribution in [-0.2, 0) is 10.0 Å². The van der Waals surface area contributed by atoms with Gasteiger partial charge in [-0.15, -0.1) is 0 Å². The average molecular weight is 360 g/mol. The number of sulfonamides is 1. The molecule has 23 heavy (non-hydrogen) atoms. The van der Waals surface area contributed by atoms with Crippen molar-refractivity contribution in [2.75, 3.05) is 31.1 Å². The normalized spacial score (nSPS) is 17.2. The van der Waals surface area contributed by atoms with E-state index in [1.54, 1.807) is 11.8 Å². The van der Waals surface area contributed by atoms with Crippen molar-refractivity contribution in [1.29, 1.82) is 0 Å². The molecule has 1 amide bonds. The Labute approximate surface area is 142 Å². The van der Waals surface area contributed by atoms with Crippen LogP contribution >= 0.6 is 11.8 Å². The Morgan fingerprint density at radius 1 is 1.35 bits per heavy atom. The Morgan fingerprint density at radius 3 is 2.61 bits per heavy atom. The highest BCUT2D eigenvalue weighted by Crippen LogP contribution is 2.21. The molecular weight excluding hydrogens is 334 g/mol. The Bertz CT molecular complexity index is 641. The minimum absolute atomic E-state index is 0.143. The fourth-order valence-corrected chi connectivity index (χ4v) is 4.81. The van der Waals surface area contributed by atoms with E-state index >= 15 is 0 Å². The van der Waals surface area contributed by atoms with Gasteiger partial charge in [0.05, 0.1) is 0 Å². The van der Waals surface area contributed by atoms with Gasteiger partial charge in [-0.3, -0.25) is 4.79 Å². The summed E-state index contributed by atoms with van der Waals surface area (Å²) in [6.07, 6.45) is 2.26. The second-order valence-electron chi connectivity index (χ2n) is 6.83. The third kappa shape index (κ3) is 4.99. The number of carbonyl (C=O) groups is 1. The van der Waals surface area contributed by atoms with Gasteiger partial charge in [0.2, 0.25) is 10.0 Å². The lowest BCUT2D eigenvalue weighted by atomic mass is 9.92. The van der Waals surface area contributed by atoms with Crippen LogP contribution in [0.2, 0.25) is 0 Å². The molecule has 6 nitrogen and oxygen atoms in total. The van der Waals surface area contributed by atoms with Crippen molar-refractivity contribution < 1.29 is 13.2 Å². The summed E-state index contributed by atoms with van der Waals surface area (Å²) in [5.41, 5.74) is 0.424. The molecule has 0 saturated carbocycles. The van der Waals surface area contributed by atoms with Crippen LogP contribution in [0.15, 0.2) is 17.2 Å². The van der Waals surface area contributed by atoms with Crippen molar-refractivity contribution in [1.82, 2.24) is 14.6 Å². The number of carbonyl (C=O) groups excluding carboxylic acids is 1. The van der Waals surface area contributed by atoms with E-state index < -0.39 is 10.0 Å². The second kappa shape index (κ2) is 7.27. The summed E-state index contributed by atoms with van der Waals surface area (Å²) in [5, 5.41) is 2.82. The molecule has 2 N–H and O–H groups in total. The lowest BCUT2D eigenvalue weighted by molar-refractivity contribution is 0.0945. The van der Waals surface area contributed by atoms with E-state index in [-0.39, 0.29) is 21.9 Å². The lowest BCUT2D eigenvalue weighted by Gasteiger charge is -2.24. The molecule has 0 spiro atoms. The summed E-state index contributed by atoms with van der Waals surface area (Å²) in [5.74, 6) is 1.35. The number of H-pyrrole nitrogens is 1. The predicted octanol–water partition coefficient (Wildman–Crippen LogP) is 1.92. The highest BCUT2D eigenvalue weighted by Gasteiger charge is 2.27. The first-order chi connectivity index (χ1) is 10.7. The topological polar surface area (TPSA) is 82.3 Å². The van der Waals surface area contributed by atoms with Gasteiger partial charge in [0, 0.05) is 37.3 Å². The molecule has 1 aliphatic heterocycles. The van der Waals surface area contributed by atoms with Crippen LogP contribution in [0.3, 0.4) is 0 Å². The molecule has 0 unspecified atom stereocenters. The summed E-state index contributed by atoms with van der Waals surface area (Å²) in [7, 11) is -3.51. The SMILES string of the molecule is CC(C)(C)CCNC(=O)c1cc(S(=O)(=O)N2CCSCC2)c[nH]1. The van der Waals surface area contributed by atoms with Gasteiger partial charge in [-0.05, 0) is 17.9 Å². The number of nitrogens with one attached hydrogen (secondary N) is 2. The molecule has 2 heterocycles. The quantitative estimate of drug-likeness (QED) is 0.841. The molecular formula is C15H25N3O3S2. The molecule has 0 atom stereocenters. The molecule has 130 valence electrons. The second-order valence-corrected chi connectivity index (χ2v) is 9.99. The molecule has 2 rings (SSSR count). The predicted molar refractivity (Wildman–Crippen MR) is 93.3 cm³/mol. The van der Waals surface area contributed by atoms with E-state index in [9.17, 15) is 13.2 Å². The van der Waals surface area contributed by atoms with Crippen LogP contribution < -0.4 is 5.32 Å². The Morgan fingerprint density at radius 2 is 2.00 bits per heavy atom. The number of rotatable bonds is 5. The summed E-state index contributed by atoms with van der Waals surface area (Å²) in [6, 6.07) is 1.42. The van der Waals surface area contributed by atoms with Crippen LogP contribution in [0, 0.1) is 5.41 Å². The molecule has 0 aliphatic carbocycles. The Hall–Kier alpha value is -0.990. The van der Waals surface area contributed by atoms with Gasteiger partial charge in [0.25, 0.3) is 5.91 Å². The minimum atomic E-state index is -3.51. The van der Waals surface area contributed by atoms with Crippen LogP contribution in [0.1, 0.15) is 37.7 Å². The number of amides is 1. The largest absolute Gasteiger partial charge is 0.356 e. The molecule has 0 bridgehead atoms. The van der Waals surface area contributed by atoms with E-state index in [0.29, 0.717) is 19.6 Å². The van der Waals surface area contributed by atoms with Crippen LogP contribution in [-0.4, -0.2) is 54.8 Å². The molecule has 1 saturated heterocycles. The van der Waals surface area contributed by atoms with Crippen molar-refractivity contribution in [3.63, 3.8) is 0 Å². The van der Waals surface area contributed by atoms with E-state index in [2.05, 4.69) is 31.1 Å². The Balaban J connectivity index is 2.00. The summed E-state index contributed by atoms with van der Waals surface area (Å²) < 4.78 is 26.5. The summed E-state index contributed by atoms with van der Waals surface area (Å²) in [4.78, 5) is 15.0. The van der Waals surface area contributed by atoms with Crippen molar-refractivity contribution in [3.8, 4) is 0 Å². The highest BCUT2D eigenvalue weighted by molar-refractivity contribution is 7.99. The smallest absolute Gasteiger partial charge is 0.267 e. The monoisotopic (exact) mass is 359 g/mol. The maximum Gasteiger partial charge on any atom is 0.267 e. The number of nitrogens with zero attached hydrogens (tertiary/aromatic N) is 1. The van der Waals surface area contributed by atoms with Gasteiger partial charge in [-0.25, -0.2) is 8.42 Å². The van der Waals surface area contributed by atoms with Crippen LogP contribution in [0.25, 0.3) is 0 Å². The van der Waals surface area contributed by atoms with Crippen LogP contribution in [0.4, 0.5) is 0 Å². The van der Waals surface area contributed by atoms with Gasteiger partial charge in [-0.1, -0.05) is 20.8 Å². The van der Waals surface area contributed by atoms with Gasteiger partial charge in [0.15, 0.2) is 0 Å². The van der Waals surface area contributed by atoms with Crippen LogP contribution in [0.5, 0.6) is 0 Å². The summed E-state index contributed by atoms with van der Waals surface area (Å²) in [6.45, 7) is 7.92. The van der Waals surface area contributed by atoms with Gasteiger partial charge < -0.3 is 10.3 Å². The molecule has 1 aromatic rings. The zero-order valence-electron chi connectivity index (χ0n) is 13.9. The lowest BCUT2D eigenvalue weighted by Crippen LogP contribution is -2.37. The number of aromatic amines is 1. The standard InChI is InChI=1S/C15H25N3O3S2/c1-15(2,3)4-5-16-14(19)13-10-12(11-17-13)23(20,21)18-6-8-22-9-7-18/h10-11,17H,4-9H2,1-3H3,(H,16,19). The van der Waals surface area contributed by atoms with Gasteiger partial charge in [-0.2, -0.15) is 16.1 Å². The van der Waals surface area contributed by atoms with Gasteiger partial charge in [0.1, 0.15) is 10.6 Å². The zero-order valence-corrected chi connectivity index (χ0v) is 15.5. The van der Waals surface area contributed by atoms with Gasteiger partial charge >= 0.3 is 0 Å². The van der Waals surface area contributed by atoms with E-state index in [1.165, 1.54) is 16.6 Å². The Kier molecular flexibility index (Phi) is 5.80. The number of hydrogen-bond donors (Lipinski definition) is 2. The first-order valence-corrected chi connectivity index (χ1v) is 10.3. The van der Waals surface area contributed by atoms with E-state index in [0.717, 1.165) is 17.9 Å².